The fourth-order valence-electron chi connectivity index (χ4n) is 1.33. The van der Waals surface area contributed by atoms with Crippen LogP contribution in [0.2, 0.25) is 0 Å². The van der Waals surface area contributed by atoms with E-state index < -0.39 is 0 Å². The predicted octanol–water partition coefficient (Wildman–Crippen LogP) is 2.45. The van der Waals surface area contributed by atoms with Crippen LogP contribution in [0.1, 0.15) is 12.5 Å². The molecule has 0 fully saturated rings. The Hall–Kier alpha value is -2.01. The van der Waals surface area contributed by atoms with E-state index >= 15 is 0 Å². The highest BCUT2D eigenvalue weighted by molar-refractivity contribution is 5.61. The molecular formula is C12H10N2. The molecule has 1 N–H and O–H groups in total. The molecule has 0 spiro atoms. The maximum Gasteiger partial charge on any atom is 0.0650 e. The zero-order chi connectivity index (χ0) is 9.80. The Morgan fingerprint density at radius 1 is 1.29 bits per heavy atom. The Morgan fingerprint density at radius 3 is 2.93 bits per heavy atom. The Morgan fingerprint density at radius 2 is 2.21 bits per heavy atom. The predicted molar refractivity (Wildman–Crippen MR) is 56.6 cm³/mol. The van der Waals surface area contributed by atoms with Crippen molar-refractivity contribution in [3.63, 3.8) is 0 Å². The summed E-state index contributed by atoms with van der Waals surface area (Å²) in [6.45, 7) is 1.84. The molecule has 1 aromatic heterocycles. The van der Waals surface area contributed by atoms with Gasteiger partial charge in [0.25, 0.3) is 0 Å². The monoisotopic (exact) mass is 182 g/mol. The van der Waals surface area contributed by atoms with Crippen LogP contribution in [-0.2, 0) is 0 Å². The van der Waals surface area contributed by atoms with Crippen LogP contribution in [0.5, 0.6) is 0 Å². The first-order valence-corrected chi connectivity index (χ1v) is 4.43. The maximum absolute atomic E-state index is 3.91. The summed E-state index contributed by atoms with van der Waals surface area (Å²) in [5, 5.41) is 6.84. The van der Waals surface area contributed by atoms with Gasteiger partial charge in [0.1, 0.15) is 0 Å². The number of rotatable bonds is 1. The van der Waals surface area contributed by atoms with Crippen molar-refractivity contribution in [2.45, 2.75) is 6.92 Å². The molecule has 0 aliphatic carbocycles. The Labute approximate surface area is 83.0 Å². The minimum absolute atomic E-state index is 1.02. The van der Waals surface area contributed by atoms with E-state index in [1.807, 2.05) is 37.3 Å². The van der Waals surface area contributed by atoms with Gasteiger partial charge in [0.05, 0.1) is 5.69 Å². The lowest BCUT2D eigenvalue weighted by atomic mass is 10.1. The number of nitrogens with zero attached hydrogens (tertiary/aromatic N) is 1. The van der Waals surface area contributed by atoms with E-state index in [1.165, 1.54) is 0 Å². The highest BCUT2D eigenvalue weighted by Gasteiger charge is 1.97. The molecule has 68 valence electrons. The number of benzene rings is 1. The zero-order valence-corrected chi connectivity index (χ0v) is 7.91. The second-order valence-electron chi connectivity index (χ2n) is 2.93. The normalized spacial score (nSPS) is 9.21. The van der Waals surface area contributed by atoms with E-state index in [9.17, 15) is 0 Å². The van der Waals surface area contributed by atoms with Crippen LogP contribution in [0, 0.1) is 11.8 Å². The van der Waals surface area contributed by atoms with Crippen molar-refractivity contribution in [2.75, 3.05) is 0 Å². The number of hydrogen-bond acceptors (Lipinski definition) is 1. The van der Waals surface area contributed by atoms with Crippen LogP contribution in [-0.4, -0.2) is 10.2 Å². The summed E-state index contributed by atoms with van der Waals surface area (Å²) in [7, 11) is 0. The third kappa shape index (κ3) is 1.67. The van der Waals surface area contributed by atoms with Crippen molar-refractivity contribution in [3.8, 4) is 23.1 Å². The number of aromatic nitrogens is 2. The van der Waals surface area contributed by atoms with Crippen molar-refractivity contribution in [3.05, 3.63) is 42.1 Å². The van der Waals surface area contributed by atoms with Crippen molar-refractivity contribution in [1.29, 1.82) is 0 Å². The SMILES string of the molecule is CC#Cc1cccc(-c2ccn[nH]2)c1. The van der Waals surface area contributed by atoms with Gasteiger partial charge in [-0.1, -0.05) is 18.1 Å². The van der Waals surface area contributed by atoms with Crippen molar-refractivity contribution in [2.24, 2.45) is 0 Å². The van der Waals surface area contributed by atoms with E-state index in [2.05, 4.69) is 22.0 Å². The smallest absolute Gasteiger partial charge is 0.0650 e. The van der Waals surface area contributed by atoms with Gasteiger partial charge in [0.15, 0.2) is 0 Å². The number of hydrogen-bond donors (Lipinski definition) is 1. The molecule has 2 rings (SSSR count). The lowest BCUT2D eigenvalue weighted by molar-refractivity contribution is 1.10. The topological polar surface area (TPSA) is 28.7 Å². The summed E-state index contributed by atoms with van der Waals surface area (Å²) < 4.78 is 0. The summed E-state index contributed by atoms with van der Waals surface area (Å²) in [5.74, 6) is 5.91. The molecule has 0 aliphatic rings. The fraction of sp³-hybridized carbons (Fsp3) is 0.0833. The van der Waals surface area contributed by atoms with E-state index in [1.54, 1.807) is 6.20 Å². The van der Waals surface area contributed by atoms with Crippen LogP contribution >= 0.6 is 0 Å². The summed E-state index contributed by atoms with van der Waals surface area (Å²) in [4.78, 5) is 0. The molecule has 0 saturated heterocycles. The Balaban J connectivity index is 2.44. The van der Waals surface area contributed by atoms with Crippen molar-refractivity contribution in [1.82, 2.24) is 10.2 Å². The number of nitrogens with one attached hydrogen (secondary N) is 1. The van der Waals surface area contributed by atoms with E-state index in [0.29, 0.717) is 0 Å². The molecule has 2 nitrogen and oxygen atoms in total. The summed E-state index contributed by atoms with van der Waals surface area (Å²) in [5.41, 5.74) is 3.16. The molecule has 0 unspecified atom stereocenters. The third-order valence-corrected chi connectivity index (χ3v) is 1.94. The Bertz CT molecular complexity index is 473. The van der Waals surface area contributed by atoms with Crippen LogP contribution < -0.4 is 0 Å². The lowest BCUT2D eigenvalue weighted by Gasteiger charge is -1.97. The average molecular weight is 182 g/mol. The van der Waals surface area contributed by atoms with Crippen molar-refractivity contribution < 1.29 is 0 Å². The molecule has 14 heavy (non-hydrogen) atoms. The number of aromatic amines is 1. The standard InChI is InChI=1S/C12H10N2/c1-2-4-10-5-3-6-11(9-10)12-7-8-13-14-12/h3,5-9H,1H3,(H,13,14). The average Bonchev–Trinajstić information content (AvgIpc) is 2.71. The zero-order valence-electron chi connectivity index (χ0n) is 7.91. The van der Waals surface area contributed by atoms with Gasteiger partial charge >= 0.3 is 0 Å². The summed E-state index contributed by atoms with van der Waals surface area (Å²) in [6.07, 6.45) is 1.74. The van der Waals surface area contributed by atoms with Gasteiger partial charge in [-0.15, -0.1) is 5.92 Å². The molecule has 0 aliphatic heterocycles. The molecular weight excluding hydrogens is 172 g/mol. The van der Waals surface area contributed by atoms with E-state index in [-0.39, 0.29) is 0 Å². The molecule has 1 heterocycles. The molecule has 2 heteroatoms. The third-order valence-electron chi connectivity index (χ3n) is 1.94. The van der Waals surface area contributed by atoms with Crippen molar-refractivity contribution >= 4 is 0 Å². The first kappa shape index (κ1) is 8.58. The summed E-state index contributed by atoms with van der Waals surface area (Å²) >= 11 is 0. The molecule has 0 bridgehead atoms. The van der Waals surface area contributed by atoms with Gasteiger partial charge in [-0.2, -0.15) is 5.10 Å². The maximum atomic E-state index is 3.91. The molecule has 0 atom stereocenters. The molecule has 0 amide bonds. The largest absolute Gasteiger partial charge is 0.278 e. The Kier molecular flexibility index (Phi) is 2.33. The second-order valence-corrected chi connectivity index (χ2v) is 2.93. The minimum atomic E-state index is 1.02. The van der Waals surface area contributed by atoms with Crippen LogP contribution in [0.15, 0.2) is 36.5 Å². The minimum Gasteiger partial charge on any atom is -0.278 e. The van der Waals surface area contributed by atoms with Gasteiger partial charge in [0, 0.05) is 17.3 Å². The highest BCUT2D eigenvalue weighted by Crippen LogP contribution is 2.16. The van der Waals surface area contributed by atoms with E-state index in [0.717, 1.165) is 16.8 Å². The highest BCUT2D eigenvalue weighted by atomic mass is 15.1. The summed E-state index contributed by atoms with van der Waals surface area (Å²) in [6, 6.07) is 10.0. The molecule has 1 aromatic carbocycles. The van der Waals surface area contributed by atoms with Gasteiger partial charge in [-0.25, -0.2) is 0 Å². The van der Waals surface area contributed by atoms with Gasteiger partial charge in [-0.3, -0.25) is 5.10 Å². The van der Waals surface area contributed by atoms with Crippen LogP contribution in [0.3, 0.4) is 0 Å². The van der Waals surface area contributed by atoms with E-state index in [4.69, 9.17) is 0 Å². The van der Waals surface area contributed by atoms with Gasteiger partial charge in [-0.05, 0) is 25.1 Å². The quantitative estimate of drug-likeness (QED) is 0.674. The second kappa shape index (κ2) is 3.80. The first-order valence-electron chi connectivity index (χ1n) is 4.43. The molecule has 0 radical (unpaired) electrons. The van der Waals surface area contributed by atoms with Gasteiger partial charge < -0.3 is 0 Å². The first-order chi connectivity index (χ1) is 6.90. The van der Waals surface area contributed by atoms with Crippen LogP contribution in [0.4, 0.5) is 0 Å². The lowest BCUT2D eigenvalue weighted by Crippen LogP contribution is -1.80. The number of H-pyrrole nitrogens is 1. The fourth-order valence-corrected chi connectivity index (χ4v) is 1.33. The van der Waals surface area contributed by atoms with Gasteiger partial charge in [0.2, 0.25) is 0 Å². The molecule has 2 aromatic rings. The van der Waals surface area contributed by atoms with Crippen LogP contribution in [0.25, 0.3) is 11.3 Å². The molecule has 0 saturated carbocycles.